The van der Waals surface area contributed by atoms with E-state index in [0.29, 0.717) is 31.2 Å². The van der Waals surface area contributed by atoms with Crippen LogP contribution in [-0.2, 0) is 11.3 Å². The van der Waals surface area contributed by atoms with E-state index < -0.39 is 0 Å². The van der Waals surface area contributed by atoms with E-state index in [4.69, 9.17) is 0 Å². The van der Waals surface area contributed by atoms with Gasteiger partial charge < -0.3 is 15.1 Å². The molecule has 4 rings (SSSR count). The van der Waals surface area contributed by atoms with Crippen LogP contribution in [0, 0.1) is 0 Å². The zero-order chi connectivity index (χ0) is 17.9. The summed E-state index contributed by atoms with van der Waals surface area (Å²) >= 11 is 0. The van der Waals surface area contributed by atoms with Crippen molar-refractivity contribution in [3.05, 3.63) is 60.2 Å². The first-order valence-corrected chi connectivity index (χ1v) is 9.23. The minimum atomic E-state index is -0.101. The quantitative estimate of drug-likeness (QED) is 0.887. The highest BCUT2D eigenvalue weighted by atomic mass is 16.2. The van der Waals surface area contributed by atoms with Gasteiger partial charge in [0.25, 0.3) is 0 Å². The molecule has 0 spiro atoms. The molecule has 1 heterocycles. The molecule has 0 atom stereocenters. The Bertz CT molecular complexity index is 802. The molecular formula is C21H23N3O2. The second kappa shape index (κ2) is 7.20. The van der Waals surface area contributed by atoms with Gasteiger partial charge in [-0.15, -0.1) is 0 Å². The first-order chi connectivity index (χ1) is 12.7. The van der Waals surface area contributed by atoms with Crippen LogP contribution in [0.1, 0.15) is 31.2 Å². The van der Waals surface area contributed by atoms with Gasteiger partial charge in [-0.2, -0.15) is 0 Å². The van der Waals surface area contributed by atoms with Gasteiger partial charge in [0.1, 0.15) is 0 Å². The van der Waals surface area contributed by atoms with Crippen molar-refractivity contribution in [3.63, 3.8) is 0 Å². The molecule has 0 bridgehead atoms. The lowest BCUT2D eigenvalue weighted by molar-refractivity contribution is -0.117. The summed E-state index contributed by atoms with van der Waals surface area (Å²) in [6, 6.07) is 17.8. The Morgan fingerprint density at radius 1 is 1.08 bits per heavy atom. The van der Waals surface area contributed by atoms with E-state index in [-0.39, 0.29) is 11.9 Å². The summed E-state index contributed by atoms with van der Waals surface area (Å²) in [4.78, 5) is 28.7. The van der Waals surface area contributed by atoms with E-state index in [2.05, 4.69) is 5.32 Å². The third-order valence-corrected chi connectivity index (χ3v) is 4.95. The number of rotatable bonds is 5. The second-order valence-corrected chi connectivity index (χ2v) is 6.94. The van der Waals surface area contributed by atoms with Gasteiger partial charge in [0, 0.05) is 25.6 Å². The summed E-state index contributed by atoms with van der Waals surface area (Å²) in [6.45, 7) is 1.31. The molecule has 1 saturated carbocycles. The lowest BCUT2D eigenvalue weighted by Gasteiger charge is -2.25. The Morgan fingerprint density at radius 3 is 2.50 bits per heavy atom. The maximum Gasteiger partial charge on any atom is 0.322 e. The molecule has 2 aromatic carbocycles. The summed E-state index contributed by atoms with van der Waals surface area (Å²) in [6.07, 6.45) is 3.53. The van der Waals surface area contributed by atoms with Crippen molar-refractivity contribution >= 4 is 23.3 Å². The monoisotopic (exact) mass is 349 g/mol. The van der Waals surface area contributed by atoms with Crippen molar-refractivity contribution in [1.29, 1.82) is 0 Å². The largest absolute Gasteiger partial charge is 0.322 e. The van der Waals surface area contributed by atoms with Crippen LogP contribution in [-0.4, -0.2) is 29.4 Å². The molecule has 0 radical (unpaired) electrons. The molecule has 1 aliphatic carbocycles. The van der Waals surface area contributed by atoms with Gasteiger partial charge in [0.2, 0.25) is 5.91 Å². The van der Waals surface area contributed by atoms with E-state index in [1.165, 1.54) is 0 Å². The molecular weight excluding hydrogens is 326 g/mol. The number of benzene rings is 2. The van der Waals surface area contributed by atoms with Crippen LogP contribution in [0.4, 0.5) is 16.2 Å². The molecule has 1 saturated heterocycles. The highest BCUT2D eigenvalue weighted by molar-refractivity contribution is 6.01. The van der Waals surface area contributed by atoms with Crippen LogP contribution in [0.2, 0.25) is 0 Å². The molecule has 0 aromatic heterocycles. The molecule has 1 aliphatic heterocycles. The summed E-state index contributed by atoms with van der Waals surface area (Å²) in [5.41, 5.74) is 2.61. The molecule has 1 N–H and O–H groups in total. The SMILES string of the molecule is O=C1CCCN1c1ccccc1NC(=O)N(Cc1ccccc1)C1CC1. The number of amides is 3. The Kier molecular flexibility index (Phi) is 4.61. The molecule has 2 aromatic rings. The minimum Gasteiger partial charge on any atom is -0.317 e. The molecule has 2 fully saturated rings. The van der Waals surface area contributed by atoms with Crippen molar-refractivity contribution in [2.75, 3.05) is 16.8 Å². The van der Waals surface area contributed by atoms with E-state index in [0.717, 1.165) is 30.5 Å². The standard InChI is InChI=1S/C21H23N3O2/c25-20-11-6-14-23(20)19-10-5-4-9-18(19)22-21(26)24(17-12-13-17)15-16-7-2-1-3-8-16/h1-5,7-10,17H,6,11-15H2,(H,22,26). The first kappa shape index (κ1) is 16.6. The average Bonchev–Trinajstić information content (AvgIpc) is 3.42. The second-order valence-electron chi connectivity index (χ2n) is 6.94. The average molecular weight is 349 g/mol. The molecule has 5 nitrogen and oxygen atoms in total. The van der Waals surface area contributed by atoms with Gasteiger partial charge in [-0.25, -0.2) is 4.79 Å². The van der Waals surface area contributed by atoms with Crippen LogP contribution in [0.15, 0.2) is 54.6 Å². The molecule has 134 valence electrons. The molecule has 26 heavy (non-hydrogen) atoms. The third-order valence-electron chi connectivity index (χ3n) is 4.95. The number of carbonyl (C=O) groups is 2. The van der Waals surface area contributed by atoms with Gasteiger partial charge in [-0.1, -0.05) is 42.5 Å². The van der Waals surface area contributed by atoms with Gasteiger partial charge in [-0.3, -0.25) is 4.79 Å². The van der Waals surface area contributed by atoms with Gasteiger partial charge >= 0.3 is 6.03 Å². The smallest absolute Gasteiger partial charge is 0.317 e. The predicted octanol–water partition coefficient (Wildman–Crippen LogP) is 4.01. The van der Waals surface area contributed by atoms with Gasteiger partial charge in [0.15, 0.2) is 0 Å². The highest BCUT2D eigenvalue weighted by Gasteiger charge is 2.33. The minimum absolute atomic E-state index is 0.101. The van der Waals surface area contributed by atoms with Gasteiger partial charge in [-0.05, 0) is 37.0 Å². The van der Waals surface area contributed by atoms with Crippen molar-refractivity contribution in [2.45, 2.75) is 38.3 Å². The number of anilines is 2. The van der Waals surface area contributed by atoms with Crippen LogP contribution >= 0.6 is 0 Å². The van der Waals surface area contributed by atoms with Gasteiger partial charge in [0.05, 0.1) is 11.4 Å². The normalized spacial score (nSPS) is 16.6. The lowest BCUT2D eigenvalue weighted by atomic mass is 10.2. The van der Waals surface area contributed by atoms with Crippen LogP contribution in [0.25, 0.3) is 0 Å². The van der Waals surface area contributed by atoms with E-state index in [1.54, 1.807) is 4.90 Å². The third kappa shape index (κ3) is 3.57. The Labute approximate surface area is 153 Å². The number of para-hydroxylation sites is 2. The maximum atomic E-state index is 13.0. The molecule has 0 unspecified atom stereocenters. The van der Waals surface area contributed by atoms with E-state index >= 15 is 0 Å². The van der Waals surface area contributed by atoms with E-state index in [1.807, 2.05) is 59.5 Å². The van der Waals surface area contributed by atoms with Crippen molar-refractivity contribution in [2.24, 2.45) is 0 Å². The molecule has 3 amide bonds. The molecule has 2 aliphatic rings. The Morgan fingerprint density at radius 2 is 1.81 bits per heavy atom. The lowest BCUT2D eigenvalue weighted by Crippen LogP contribution is -2.36. The summed E-state index contributed by atoms with van der Waals surface area (Å²) < 4.78 is 0. The summed E-state index contributed by atoms with van der Waals surface area (Å²) in [5, 5.41) is 3.04. The highest BCUT2D eigenvalue weighted by Crippen LogP contribution is 2.32. The van der Waals surface area contributed by atoms with Crippen LogP contribution in [0.5, 0.6) is 0 Å². The fourth-order valence-corrected chi connectivity index (χ4v) is 3.44. The zero-order valence-corrected chi connectivity index (χ0v) is 14.7. The summed E-state index contributed by atoms with van der Waals surface area (Å²) in [5.74, 6) is 0.120. The van der Waals surface area contributed by atoms with Crippen molar-refractivity contribution in [1.82, 2.24) is 4.90 Å². The summed E-state index contributed by atoms with van der Waals surface area (Å²) in [7, 11) is 0. The zero-order valence-electron chi connectivity index (χ0n) is 14.7. The number of urea groups is 1. The maximum absolute atomic E-state index is 13.0. The fourth-order valence-electron chi connectivity index (χ4n) is 3.44. The van der Waals surface area contributed by atoms with Crippen molar-refractivity contribution in [3.8, 4) is 0 Å². The number of hydrogen-bond donors (Lipinski definition) is 1. The number of hydrogen-bond acceptors (Lipinski definition) is 2. The Hall–Kier alpha value is -2.82. The number of carbonyl (C=O) groups excluding carboxylic acids is 2. The van der Waals surface area contributed by atoms with E-state index in [9.17, 15) is 9.59 Å². The number of nitrogens with one attached hydrogen (secondary N) is 1. The van der Waals surface area contributed by atoms with Crippen LogP contribution in [0.3, 0.4) is 0 Å². The Balaban J connectivity index is 1.52. The first-order valence-electron chi connectivity index (χ1n) is 9.23. The number of nitrogens with zero attached hydrogens (tertiary/aromatic N) is 2. The fraction of sp³-hybridized carbons (Fsp3) is 0.333. The predicted molar refractivity (Wildman–Crippen MR) is 102 cm³/mol. The topological polar surface area (TPSA) is 52.7 Å². The van der Waals surface area contributed by atoms with Crippen molar-refractivity contribution < 1.29 is 9.59 Å². The van der Waals surface area contributed by atoms with Crippen LogP contribution < -0.4 is 10.2 Å². The molecule has 5 heteroatoms.